The zero-order valence-corrected chi connectivity index (χ0v) is 20.2. The summed E-state index contributed by atoms with van der Waals surface area (Å²) in [6.45, 7) is 1.22. The minimum atomic E-state index is -0.962. The minimum absolute atomic E-state index is 0.0177. The lowest BCUT2D eigenvalue weighted by Gasteiger charge is -2.27. The summed E-state index contributed by atoms with van der Waals surface area (Å²) in [4.78, 5) is 54.2. The molecule has 1 saturated heterocycles. The highest BCUT2D eigenvalue weighted by Crippen LogP contribution is 2.29. The van der Waals surface area contributed by atoms with Crippen molar-refractivity contribution in [2.75, 3.05) is 20.2 Å². The lowest BCUT2D eigenvalue weighted by Crippen LogP contribution is -2.45. The van der Waals surface area contributed by atoms with Gasteiger partial charge in [-0.1, -0.05) is 43.2 Å². The molecule has 1 atom stereocenters. The molecule has 1 aliphatic carbocycles. The number of nitrogens with zero attached hydrogens (tertiary/aromatic N) is 2. The maximum absolute atomic E-state index is 13.4. The molecule has 4 rings (SSSR count). The smallest absolute Gasteiger partial charge is 0.328 e. The highest BCUT2D eigenvalue weighted by Gasteiger charge is 2.29. The molecule has 1 aliphatic heterocycles. The molecule has 2 aromatic rings. The lowest BCUT2D eigenvalue weighted by molar-refractivity contribution is -0.142. The van der Waals surface area contributed by atoms with Crippen LogP contribution in [0, 0.1) is 0 Å². The van der Waals surface area contributed by atoms with Crippen molar-refractivity contribution in [1.29, 1.82) is 0 Å². The molecule has 8 nitrogen and oxygen atoms in total. The third-order valence-electron chi connectivity index (χ3n) is 6.98. The summed E-state index contributed by atoms with van der Waals surface area (Å²) in [5.74, 6) is -1.61. The Labute approximate surface area is 205 Å². The number of carbonyl (C=O) groups is 3. The fraction of sp³-hybridized carbons (Fsp3) is 0.481. The van der Waals surface area contributed by atoms with E-state index in [0.29, 0.717) is 13.1 Å². The first-order valence-electron chi connectivity index (χ1n) is 12.5. The van der Waals surface area contributed by atoms with Gasteiger partial charge in [0.25, 0.3) is 11.8 Å². The van der Waals surface area contributed by atoms with Gasteiger partial charge in [0.05, 0.1) is 7.11 Å². The number of nitrogens with one attached hydrogen (secondary N) is 1. The van der Waals surface area contributed by atoms with Gasteiger partial charge in [0.1, 0.15) is 17.2 Å². The Morgan fingerprint density at radius 2 is 1.63 bits per heavy atom. The number of carbonyl (C=O) groups excluding carboxylic acids is 3. The van der Waals surface area contributed by atoms with E-state index in [2.05, 4.69) is 5.32 Å². The van der Waals surface area contributed by atoms with E-state index in [9.17, 15) is 19.2 Å². The average molecular weight is 480 g/mol. The number of esters is 1. The van der Waals surface area contributed by atoms with Crippen LogP contribution in [-0.2, 0) is 16.0 Å². The molecule has 35 heavy (non-hydrogen) atoms. The second-order valence-corrected chi connectivity index (χ2v) is 9.39. The topological polar surface area (TPSA) is 97.7 Å². The van der Waals surface area contributed by atoms with Crippen LogP contribution in [0.25, 0.3) is 0 Å². The normalized spacial score (nSPS) is 17.1. The number of methoxy groups -OCH3 is 1. The van der Waals surface area contributed by atoms with E-state index < -0.39 is 23.3 Å². The van der Waals surface area contributed by atoms with Crippen molar-refractivity contribution in [3.05, 3.63) is 69.6 Å². The number of ether oxygens (including phenoxy) is 1. The van der Waals surface area contributed by atoms with E-state index in [-0.39, 0.29) is 29.5 Å². The molecule has 186 valence electrons. The quantitative estimate of drug-likeness (QED) is 0.616. The number of amides is 2. The number of rotatable bonds is 7. The Hall–Kier alpha value is -3.42. The largest absolute Gasteiger partial charge is 0.467 e. The molecule has 2 amide bonds. The SMILES string of the molecule is COC(=O)[C@H](Cc1ccccc1)NC(=O)c1cn(C2CCCC2)cc(C(=O)N2CCCCC2)c1=O. The summed E-state index contributed by atoms with van der Waals surface area (Å²) >= 11 is 0. The molecule has 8 heteroatoms. The minimum Gasteiger partial charge on any atom is -0.467 e. The molecule has 0 unspecified atom stereocenters. The van der Waals surface area contributed by atoms with Gasteiger partial charge in [-0.2, -0.15) is 0 Å². The first-order chi connectivity index (χ1) is 17.0. The fourth-order valence-corrected chi connectivity index (χ4v) is 5.01. The van der Waals surface area contributed by atoms with E-state index in [1.54, 1.807) is 11.1 Å². The van der Waals surface area contributed by atoms with Crippen LogP contribution in [0.4, 0.5) is 0 Å². The van der Waals surface area contributed by atoms with Crippen LogP contribution < -0.4 is 10.7 Å². The number of hydrogen-bond donors (Lipinski definition) is 1. The van der Waals surface area contributed by atoms with Gasteiger partial charge in [-0.05, 0) is 37.7 Å². The summed E-state index contributed by atoms with van der Waals surface area (Å²) in [5.41, 5.74) is 0.141. The first kappa shape index (κ1) is 24.7. The van der Waals surface area contributed by atoms with Crippen molar-refractivity contribution in [1.82, 2.24) is 14.8 Å². The summed E-state index contributed by atoms with van der Waals surface area (Å²) in [6, 6.07) is 8.45. The number of aromatic nitrogens is 1. The van der Waals surface area contributed by atoms with Gasteiger partial charge in [-0.3, -0.25) is 14.4 Å². The van der Waals surface area contributed by atoms with Crippen LogP contribution >= 0.6 is 0 Å². The Morgan fingerprint density at radius 3 is 2.29 bits per heavy atom. The maximum Gasteiger partial charge on any atom is 0.328 e. The molecule has 2 heterocycles. The first-order valence-corrected chi connectivity index (χ1v) is 12.5. The van der Waals surface area contributed by atoms with Crippen molar-refractivity contribution in [3.63, 3.8) is 0 Å². The van der Waals surface area contributed by atoms with E-state index in [1.807, 2.05) is 34.9 Å². The predicted octanol–water partition coefficient (Wildman–Crippen LogP) is 3.10. The molecular formula is C27H33N3O5. The molecule has 0 bridgehead atoms. The van der Waals surface area contributed by atoms with Gasteiger partial charge in [-0.15, -0.1) is 0 Å². The van der Waals surface area contributed by atoms with E-state index in [1.165, 1.54) is 13.3 Å². The average Bonchev–Trinajstić information content (AvgIpc) is 3.44. The number of piperidine rings is 1. The van der Waals surface area contributed by atoms with E-state index in [4.69, 9.17) is 4.74 Å². The standard InChI is InChI=1S/C27H33N3O5/c1-35-27(34)23(16-19-10-4-2-5-11-19)28-25(32)21-17-30(20-12-6-7-13-20)18-22(24(21)31)26(33)29-14-8-3-9-15-29/h2,4-5,10-11,17-18,20,23H,3,6-9,12-16H2,1H3,(H,28,32)/t23-/m0/s1. The van der Waals surface area contributed by atoms with Crippen LogP contribution in [0.1, 0.15) is 77.3 Å². The summed E-state index contributed by atoms with van der Waals surface area (Å²) in [6.07, 6.45) is 10.2. The highest BCUT2D eigenvalue weighted by atomic mass is 16.5. The predicted molar refractivity (Wildman–Crippen MR) is 131 cm³/mol. The van der Waals surface area contributed by atoms with Gasteiger partial charge in [-0.25, -0.2) is 4.79 Å². The summed E-state index contributed by atoms with van der Waals surface area (Å²) in [5, 5.41) is 2.69. The zero-order valence-electron chi connectivity index (χ0n) is 20.2. The van der Waals surface area contributed by atoms with Gasteiger partial charge in [0.15, 0.2) is 0 Å². The lowest BCUT2D eigenvalue weighted by atomic mass is 10.0. The van der Waals surface area contributed by atoms with Crippen molar-refractivity contribution < 1.29 is 19.1 Å². The molecule has 0 spiro atoms. The second-order valence-electron chi connectivity index (χ2n) is 9.39. The van der Waals surface area contributed by atoms with Crippen LogP contribution in [0.15, 0.2) is 47.5 Å². The van der Waals surface area contributed by atoms with Gasteiger partial charge < -0.3 is 19.5 Å². The third-order valence-corrected chi connectivity index (χ3v) is 6.98. The maximum atomic E-state index is 13.4. The Kier molecular flexibility index (Phi) is 8.00. The fourth-order valence-electron chi connectivity index (χ4n) is 5.01. The van der Waals surface area contributed by atoms with Crippen LogP contribution in [0.5, 0.6) is 0 Å². The molecular weight excluding hydrogens is 446 g/mol. The molecule has 1 aromatic carbocycles. The number of hydrogen-bond acceptors (Lipinski definition) is 5. The number of likely N-dealkylation sites (tertiary alicyclic amines) is 1. The van der Waals surface area contributed by atoms with Gasteiger partial charge >= 0.3 is 5.97 Å². The van der Waals surface area contributed by atoms with E-state index in [0.717, 1.165) is 50.5 Å². The number of benzene rings is 1. The highest BCUT2D eigenvalue weighted by molar-refractivity contribution is 6.00. The van der Waals surface area contributed by atoms with Crippen molar-refractivity contribution in [2.45, 2.75) is 63.5 Å². The molecule has 1 saturated carbocycles. The molecule has 2 aliphatic rings. The Balaban J connectivity index is 1.66. The number of pyridine rings is 1. The van der Waals surface area contributed by atoms with Crippen LogP contribution in [-0.4, -0.2) is 53.5 Å². The van der Waals surface area contributed by atoms with Crippen LogP contribution in [0.3, 0.4) is 0 Å². The zero-order chi connectivity index (χ0) is 24.8. The van der Waals surface area contributed by atoms with Crippen molar-refractivity contribution >= 4 is 17.8 Å². The summed E-state index contributed by atoms with van der Waals surface area (Å²) in [7, 11) is 1.26. The Morgan fingerprint density at radius 1 is 0.971 bits per heavy atom. The van der Waals surface area contributed by atoms with Crippen LogP contribution in [0.2, 0.25) is 0 Å². The van der Waals surface area contributed by atoms with E-state index >= 15 is 0 Å². The third kappa shape index (κ3) is 5.81. The van der Waals surface area contributed by atoms with Crippen molar-refractivity contribution in [2.24, 2.45) is 0 Å². The molecule has 1 aromatic heterocycles. The molecule has 2 fully saturated rings. The monoisotopic (exact) mass is 479 g/mol. The second kappa shape index (κ2) is 11.3. The van der Waals surface area contributed by atoms with Crippen molar-refractivity contribution in [3.8, 4) is 0 Å². The van der Waals surface area contributed by atoms with Gasteiger partial charge in [0.2, 0.25) is 5.43 Å². The molecule has 0 radical (unpaired) electrons. The Bertz CT molecular complexity index is 1120. The summed E-state index contributed by atoms with van der Waals surface area (Å²) < 4.78 is 6.75. The van der Waals surface area contributed by atoms with Gasteiger partial charge in [0, 0.05) is 37.9 Å². The molecule has 1 N–H and O–H groups in total.